The molecule has 0 saturated heterocycles. The first kappa shape index (κ1) is 12.6. The van der Waals surface area contributed by atoms with E-state index in [9.17, 15) is 13.2 Å². The Morgan fingerprint density at radius 2 is 2.15 bits per heavy atom. The molecule has 0 aromatic carbocycles. The van der Waals surface area contributed by atoms with Crippen LogP contribution in [0.5, 0.6) is 0 Å². The lowest BCUT2D eigenvalue weighted by molar-refractivity contribution is -0.142. The maximum absolute atomic E-state index is 13.1. The summed E-state index contributed by atoms with van der Waals surface area (Å²) in [5.74, 6) is 0. The van der Waals surface area contributed by atoms with E-state index < -0.39 is 11.9 Å². The Hall–Kier alpha value is -2.40. The average Bonchev–Trinajstić information content (AvgIpc) is 3.05. The zero-order valence-electron chi connectivity index (χ0n) is 9.72. The van der Waals surface area contributed by atoms with E-state index >= 15 is 0 Å². The van der Waals surface area contributed by atoms with Crippen molar-refractivity contribution in [1.29, 1.82) is 5.26 Å². The quantitative estimate of drug-likeness (QED) is 0.691. The van der Waals surface area contributed by atoms with Crippen molar-refractivity contribution in [2.24, 2.45) is 0 Å². The van der Waals surface area contributed by atoms with Crippen LogP contribution in [0, 0.1) is 11.3 Å². The summed E-state index contributed by atoms with van der Waals surface area (Å²) >= 11 is 1.28. The maximum atomic E-state index is 13.1. The highest BCUT2D eigenvalue weighted by Gasteiger charge is 2.35. The number of nitriles is 1. The van der Waals surface area contributed by atoms with Crippen LogP contribution >= 0.6 is 11.3 Å². The highest BCUT2D eigenvalue weighted by molar-refractivity contribution is 7.13. The minimum Gasteiger partial charge on any atom is -0.226 e. The van der Waals surface area contributed by atoms with E-state index in [-0.39, 0.29) is 16.9 Å². The predicted molar refractivity (Wildman–Crippen MR) is 66.0 cm³/mol. The first-order valence-corrected chi connectivity index (χ1v) is 6.28. The van der Waals surface area contributed by atoms with Gasteiger partial charge in [0.2, 0.25) is 0 Å². The van der Waals surface area contributed by atoms with Crippen LogP contribution < -0.4 is 0 Å². The molecule has 3 aromatic rings. The van der Waals surface area contributed by atoms with E-state index in [2.05, 4.69) is 10.1 Å². The molecule has 8 heteroatoms. The van der Waals surface area contributed by atoms with Crippen molar-refractivity contribution in [3.05, 3.63) is 41.0 Å². The van der Waals surface area contributed by atoms with E-state index in [0.717, 1.165) is 12.3 Å². The van der Waals surface area contributed by atoms with Gasteiger partial charge in [-0.3, -0.25) is 0 Å². The number of thiophene rings is 1. The molecule has 0 bridgehead atoms. The van der Waals surface area contributed by atoms with Gasteiger partial charge in [-0.25, -0.2) is 9.50 Å². The van der Waals surface area contributed by atoms with Gasteiger partial charge in [0.05, 0.1) is 16.8 Å². The molecule has 100 valence electrons. The first-order valence-electron chi connectivity index (χ1n) is 5.40. The van der Waals surface area contributed by atoms with Crippen molar-refractivity contribution in [2.45, 2.75) is 6.18 Å². The number of hydrogen-bond donors (Lipinski definition) is 0. The van der Waals surface area contributed by atoms with Crippen molar-refractivity contribution in [3.63, 3.8) is 0 Å². The molecule has 3 rings (SSSR count). The normalized spacial score (nSPS) is 11.7. The van der Waals surface area contributed by atoms with Crippen molar-refractivity contribution in [1.82, 2.24) is 14.6 Å². The first-order chi connectivity index (χ1) is 9.50. The molecule has 0 aliphatic heterocycles. The summed E-state index contributed by atoms with van der Waals surface area (Å²) in [4.78, 5) is 4.71. The topological polar surface area (TPSA) is 54.0 Å². The molecule has 0 radical (unpaired) electrons. The van der Waals surface area contributed by atoms with Crippen LogP contribution in [-0.4, -0.2) is 14.6 Å². The van der Waals surface area contributed by atoms with Crippen molar-refractivity contribution >= 4 is 17.0 Å². The molecule has 0 aliphatic carbocycles. The number of rotatable bonds is 1. The molecular weight excluding hydrogens is 289 g/mol. The fourth-order valence-corrected chi connectivity index (χ4v) is 2.48. The van der Waals surface area contributed by atoms with Crippen LogP contribution in [0.4, 0.5) is 13.2 Å². The molecule has 0 saturated carbocycles. The predicted octanol–water partition coefficient (Wildman–Crippen LogP) is 3.35. The van der Waals surface area contributed by atoms with Crippen molar-refractivity contribution in [3.8, 4) is 16.6 Å². The Kier molecular flexibility index (Phi) is 2.72. The third kappa shape index (κ3) is 1.92. The SMILES string of the molecule is N#Cc1cnn2c(C(F)(F)F)cc(-c3cccs3)nc12. The van der Waals surface area contributed by atoms with Crippen molar-refractivity contribution in [2.75, 3.05) is 0 Å². The molecule has 0 atom stereocenters. The Morgan fingerprint density at radius 1 is 1.35 bits per heavy atom. The fraction of sp³-hybridized carbons (Fsp3) is 0.0833. The average molecular weight is 294 g/mol. The second-order valence-corrected chi connectivity index (χ2v) is 4.85. The van der Waals surface area contributed by atoms with E-state index in [0.29, 0.717) is 9.39 Å². The third-order valence-electron chi connectivity index (χ3n) is 2.66. The molecule has 0 spiro atoms. The summed E-state index contributed by atoms with van der Waals surface area (Å²) < 4.78 is 39.9. The molecule has 3 heterocycles. The summed E-state index contributed by atoms with van der Waals surface area (Å²) in [5, 5.41) is 14.3. The van der Waals surface area contributed by atoms with Gasteiger partial charge in [-0.2, -0.15) is 23.5 Å². The number of halogens is 3. The van der Waals surface area contributed by atoms with Gasteiger partial charge in [0.1, 0.15) is 11.6 Å². The third-order valence-corrected chi connectivity index (χ3v) is 3.55. The second kappa shape index (κ2) is 4.31. The van der Waals surface area contributed by atoms with Gasteiger partial charge in [-0.05, 0) is 17.5 Å². The van der Waals surface area contributed by atoms with Crippen LogP contribution in [-0.2, 0) is 6.18 Å². The van der Waals surface area contributed by atoms with Crippen molar-refractivity contribution < 1.29 is 13.2 Å². The summed E-state index contributed by atoms with van der Waals surface area (Å²) in [7, 11) is 0. The van der Waals surface area contributed by atoms with Gasteiger partial charge in [-0.15, -0.1) is 11.3 Å². The maximum Gasteiger partial charge on any atom is 0.433 e. The van der Waals surface area contributed by atoms with Crippen LogP contribution in [0.2, 0.25) is 0 Å². The van der Waals surface area contributed by atoms with E-state index in [4.69, 9.17) is 5.26 Å². The molecule has 20 heavy (non-hydrogen) atoms. The highest BCUT2D eigenvalue weighted by Crippen LogP contribution is 2.33. The molecule has 3 aromatic heterocycles. The largest absolute Gasteiger partial charge is 0.433 e. The van der Waals surface area contributed by atoms with Crippen LogP contribution in [0.25, 0.3) is 16.2 Å². The Labute approximate surface area is 114 Å². The van der Waals surface area contributed by atoms with Gasteiger partial charge in [-0.1, -0.05) is 6.07 Å². The monoisotopic (exact) mass is 294 g/mol. The standard InChI is InChI=1S/C12H5F3N4S/c13-12(14,15)10-4-8(9-2-1-3-20-9)18-11-7(5-16)6-17-19(10)11/h1-4,6H. The Bertz CT molecular complexity index is 812. The minimum absolute atomic E-state index is 0.00825. The summed E-state index contributed by atoms with van der Waals surface area (Å²) in [6.07, 6.45) is -3.50. The van der Waals surface area contributed by atoms with E-state index in [1.165, 1.54) is 11.3 Å². The number of alkyl halides is 3. The Balaban J connectivity index is 2.37. The zero-order valence-corrected chi connectivity index (χ0v) is 10.5. The molecule has 0 aliphatic rings. The number of hydrogen-bond acceptors (Lipinski definition) is 4. The summed E-state index contributed by atoms with van der Waals surface area (Å²) in [5.41, 5.74) is -0.858. The van der Waals surface area contributed by atoms with Gasteiger partial charge in [0.25, 0.3) is 0 Å². The van der Waals surface area contributed by atoms with E-state index in [1.807, 2.05) is 0 Å². The van der Waals surface area contributed by atoms with Gasteiger partial charge >= 0.3 is 6.18 Å². The lowest BCUT2D eigenvalue weighted by Gasteiger charge is -2.10. The number of nitrogens with zero attached hydrogens (tertiary/aromatic N) is 4. The molecule has 0 fully saturated rings. The van der Waals surface area contributed by atoms with Gasteiger partial charge in [0.15, 0.2) is 11.3 Å². The van der Waals surface area contributed by atoms with E-state index in [1.54, 1.807) is 23.6 Å². The van der Waals surface area contributed by atoms with Gasteiger partial charge < -0.3 is 0 Å². The number of aromatic nitrogens is 3. The lowest BCUT2D eigenvalue weighted by Crippen LogP contribution is -2.13. The smallest absolute Gasteiger partial charge is 0.226 e. The van der Waals surface area contributed by atoms with Crippen LogP contribution in [0.1, 0.15) is 11.3 Å². The minimum atomic E-state index is -4.58. The lowest BCUT2D eigenvalue weighted by atomic mass is 10.2. The molecule has 4 nitrogen and oxygen atoms in total. The molecular formula is C12H5F3N4S. The Morgan fingerprint density at radius 3 is 2.75 bits per heavy atom. The summed E-state index contributed by atoms with van der Waals surface area (Å²) in [6, 6.07) is 6.12. The zero-order chi connectivity index (χ0) is 14.3. The molecule has 0 unspecified atom stereocenters. The van der Waals surface area contributed by atoms with Gasteiger partial charge in [0, 0.05) is 0 Å². The van der Waals surface area contributed by atoms with Crippen LogP contribution in [0.3, 0.4) is 0 Å². The molecule has 0 N–H and O–H groups in total. The second-order valence-electron chi connectivity index (χ2n) is 3.91. The molecule has 0 amide bonds. The highest BCUT2D eigenvalue weighted by atomic mass is 32.1. The fourth-order valence-electron chi connectivity index (χ4n) is 1.79. The number of fused-ring (bicyclic) bond motifs is 1. The summed E-state index contributed by atoms with van der Waals surface area (Å²) in [6.45, 7) is 0. The van der Waals surface area contributed by atoms with Crippen LogP contribution in [0.15, 0.2) is 29.8 Å².